The number of nitrogens with zero attached hydrogens (tertiary/aromatic N) is 2. The maximum absolute atomic E-state index is 5.84. The van der Waals surface area contributed by atoms with Crippen molar-refractivity contribution in [1.82, 2.24) is 9.97 Å². The van der Waals surface area contributed by atoms with Crippen LogP contribution in [0.25, 0.3) is 0 Å². The molecule has 2 N–H and O–H groups in total. The molecule has 0 atom stereocenters. The van der Waals surface area contributed by atoms with Gasteiger partial charge in [-0.05, 0) is 20.8 Å². The van der Waals surface area contributed by atoms with Crippen molar-refractivity contribution in [3.8, 4) is 0 Å². The summed E-state index contributed by atoms with van der Waals surface area (Å²) in [6.45, 7) is 12.8. The summed E-state index contributed by atoms with van der Waals surface area (Å²) >= 11 is 0. The van der Waals surface area contributed by atoms with Gasteiger partial charge < -0.3 is 10.5 Å². The third-order valence-electron chi connectivity index (χ3n) is 2.56. The monoisotopic (exact) mass is 237 g/mol. The molecule has 0 aromatic carbocycles. The molecule has 1 aromatic heterocycles. The van der Waals surface area contributed by atoms with Crippen molar-refractivity contribution in [2.45, 2.75) is 52.6 Å². The first-order chi connectivity index (χ1) is 7.66. The van der Waals surface area contributed by atoms with Crippen LogP contribution in [0.2, 0.25) is 0 Å². The van der Waals surface area contributed by atoms with Crippen LogP contribution in [0.3, 0.4) is 0 Å². The van der Waals surface area contributed by atoms with Crippen molar-refractivity contribution in [2.24, 2.45) is 0 Å². The summed E-state index contributed by atoms with van der Waals surface area (Å²) in [6, 6.07) is 1.82. The van der Waals surface area contributed by atoms with Crippen LogP contribution in [0.4, 0.5) is 5.82 Å². The van der Waals surface area contributed by atoms with Gasteiger partial charge in [0.2, 0.25) is 0 Å². The lowest BCUT2D eigenvalue weighted by molar-refractivity contribution is -0.0209. The quantitative estimate of drug-likeness (QED) is 0.878. The highest BCUT2D eigenvalue weighted by Crippen LogP contribution is 2.26. The van der Waals surface area contributed by atoms with Gasteiger partial charge in [-0.2, -0.15) is 0 Å². The number of rotatable bonds is 3. The van der Waals surface area contributed by atoms with E-state index in [1.807, 2.05) is 26.8 Å². The molecule has 1 heterocycles. The van der Waals surface area contributed by atoms with Gasteiger partial charge in [-0.15, -0.1) is 0 Å². The molecule has 0 radical (unpaired) electrons. The van der Waals surface area contributed by atoms with Gasteiger partial charge in [0.15, 0.2) is 5.82 Å². The highest BCUT2D eigenvalue weighted by Gasteiger charge is 2.27. The zero-order valence-electron chi connectivity index (χ0n) is 11.7. The van der Waals surface area contributed by atoms with E-state index in [2.05, 4.69) is 30.7 Å². The van der Waals surface area contributed by atoms with Gasteiger partial charge in [0.05, 0.1) is 5.69 Å². The number of ether oxygens (including phenoxy) is 1. The summed E-state index contributed by atoms with van der Waals surface area (Å²) in [5.74, 6) is 1.14. The molecule has 0 aliphatic rings. The van der Waals surface area contributed by atoms with E-state index in [9.17, 15) is 0 Å². The molecule has 0 unspecified atom stereocenters. The largest absolute Gasteiger partial charge is 0.384 e. The standard InChI is InChI=1S/C13H23N3O/c1-7-17-13(5,6)11-15-9(12(2,3)4)8-10(14)16-11/h8H,7H2,1-6H3,(H2,14,15,16). The van der Waals surface area contributed by atoms with Gasteiger partial charge in [-0.1, -0.05) is 20.8 Å². The molecule has 0 amide bonds. The fourth-order valence-electron chi connectivity index (χ4n) is 1.54. The van der Waals surface area contributed by atoms with Crippen molar-refractivity contribution in [3.05, 3.63) is 17.6 Å². The highest BCUT2D eigenvalue weighted by atomic mass is 16.5. The smallest absolute Gasteiger partial charge is 0.162 e. The Hall–Kier alpha value is -1.16. The summed E-state index contributed by atoms with van der Waals surface area (Å²) < 4.78 is 5.66. The zero-order valence-corrected chi connectivity index (χ0v) is 11.7. The molecule has 17 heavy (non-hydrogen) atoms. The number of nitrogens with two attached hydrogens (primary N) is 1. The van der Waals surface area contributed by atoms with Crippen LogP contribution >= 0.6 is 0 Å². The summed E-state index contributed by atoms with van der Waals surface area (Å²) in [5.41, 5.74) is 6.22. The number of aromatic nitrogens is 2. The predicted octanol–water partition coefficient (Wildman–Crippen LogP) is 2.63. The van der Waals surface area contributed by atoms with E-state index in [1.54, 1.807) is 0 Å². The van der Waals surface area contributed by atoms with Gasteiger partial charge in [0.1, 0.15) is 11.4 Å². The minimum absolute atomic E-state index is 0.0475. The second kappa shape index (κ2) is 4.61. The molecule has 0 bridgehead atoms. The average Bonchev–Trinajstić information content (AvgIpc) is 2.15. The minimum atomic E-state index is -0.510. The fraction of sp³-hybridized carbons (Fsp3) is 0.692. The van der Waals surface area contributed by atoms with Gasteiger partial charge in [0, 0.05) is 18.1 Å². The topological polar surface area (TPSA) is 61.0 Å². The van der Waals surface area contributed by atoms with E-state index in [0.29, 0.717) is 18.2 Å². The SMILES string of the molecule is CCOC(C)(C)c1nc(N)cc(C(C)(C)C)n1. The number of anilines is 1. The van der Waals surface area contributed by atoms with Crippen molar-refractivity contribution in [2.75, 3.05) is 12.3 Å². The van der Waals surface area contributed by atoms with Crippen molar-refractivity contribution >= 4 is 5.82 Å². The summed E-state index contributed by atoms with van der Waals surface area (Å²) in [6.07, 6.45) is 0. The Morgan fingerprint density at radius 3 is 2.24 bits per heavy atom. The third kappa shape index (κ3) is 3.40. The number of hydrogen-bond acceptors (Lipinski definition) is 4. The van der Waals surface area contributed by atoms with E-state index in [-0.39, 0.29) is 5.41 Å². The first-order valence-electron chi connectivity index (χ1n) is 5.96. The molecule has 4 heteroatoms. The van der Waals surface area contributed by atoms with Crippen molar-refractivity contribution < 1.29 is 4.74 Å². The lowest BCUT2D eigenvalue weighted by Gasteiger charge is -2.26. The van der Waals surface area contributed by atoms with E-state index in [0.717, 1.165) is 5.69 Å². The average molecular weight is 237 g/mol. The minimum Gasteiger partial charge on any atom is -0.384 e. The van der Waals surface area contributed by atoms with Crippen LogP contribution in [-0.2, 0) is 15.8 Å². The van der Waals surface area contributed by atoms with Crippen LogP contribution in [0.1, 0.15) is 53.1 Å². The Labute approximate surface area is 104 Å². The van der Waals surface area contributed by atoms with Crippen LogP contribution < -0.4 is 5.73 Å². The first-order valence-corrected chi connectivity index (χ1v) is 5.96. The highest BCUT2D eigenvalue weighted by molar-refractivity contribution is 5.33. The van der Waals surface area contributed by atoms with Crippen LogP contribution in [0.15, 0.2) is 6.07 Å². The predicted molar refractivity (Wildman–Crippen MR) is 69.8 cm³/mol. The molecule has 1 rings (SSSR count). The van der Waals surface area contributed by atoms with E-state index in [1.165, 1.54) is 0 Å². The van der Waals surface area contributed by atoms with Crippen LogP contribution in [-0.4, -0.2) is 16.6 Å². The van der Waals surface area contributed by atoms with Gasteiger partial charge in [-0.3, -0.25) is 0 Å². The molecule has 1 aromatic rings. The summed E-state index contributed by atoms with van der Waals surface area (Å²) in [5, 5.41) is 0. The summed E-state index contributed by atoms with van der Waals surface area (Å²) in [4.78, 5) is 8.86. The van der Waals surface area contributed by atoms with Gasteiger partial charge in [-0.25, -0.2) is 9.97 Å². The van der Waals surface area contributed by atoms with E-state index >= 15 is 0 Å². The lowest BCUT2D eigenvalue weighted by atomic mass is 9.91. The van der Waals surface area contributed by atoms with Crippen LogP contribution in [0.5, 0.6) is 0 Å². The Morgan fingerprint density at radius 2 is 1.76 bits per heavy atom. The molecular weight excluding hydrogens is 214 g/mol. The third-order valence-corrected chi connectivity index (χ3v) is 2.56. The molecule has 96 valence electrons. The van der Waals surface area contributed by atoms with Gasteiger partial charge >= 0.3 is 0 Å². The fourth-order valence-corrected chi connectivity index (χ4v) is 1.54. The zero-order chi connectivity index (χ0) is 13.3. The number of nitrogen functional groups attached to an aromatic ring is 1. The molecule has 4 nitrogen and oxygen atoms in total. The lowest BCUT2D eigenvalue weighted by Crippen LogP contribution is -2.27. The molecular formula is C13H23N3O. The molecule has 0 saturated heterocycles. The number of hydrogen-bond donors (Lipinski definition) is 1. The maximum atomic E-state index is 5.84. The van der Waals surface area contributed by atoms with Crippen LogP contribution in [0, 0.1) is 0 Å². The van der Waals surface area contributed by atoms with E-state index in [4.69, 9.17) is 10.5 Å². The van der Waals surface area contributed by atoms with E-state index < -0.39 is 5.60 Å². The van der Waals surface area contributed by atoms with Crippen molar-refractivity contribution in [1.29, 1.82) is 0 Å². The Balaban J connectivity index is 3.23. The first kappa shape index (κ1) is 13.9. The molecule has 0 saturated carbocycles. The Kier molecular flexibility index (Phi) is 3.77. The maximum Gasteiger partial charge on any atom is 0.162 e. The normalized spacial score (nSPS) is 12.8. The molecule has 0 aliphatic carbocycles. The van der Waals surface area contributed by atoms with Crippen molar-refractivity contribution in [3.63, 3.8) is 0 Å². The second-order valence-electron chi connectivity index (χ2n) is 5.69. The summed E-state index contributed by atoms with van der Waals surface area (Å²) in [7, 11) is 0. The van der Waals surface area contributed by atoms with Gasteiger partial charge in [0.25, 0.3) is 0 Å². The Morgan fingerprint density at radius 1 is 1.18 bits per heavy atom. The second-order valence-corrected chi connectivity index (χ2v) is 5.69. The molecule has 0 aliphatic heterocycles. The Bertz CT molecular complexity index is 394. The molecule has 0 spiro atoms. The molecule has 0 fully saturated rings.